The van der Waals surface area contributed by atoms with Gasteiger partial charge in [-0.25, -0.2) is 0 Å². The minimum Gasteiger partial charge on any atom is -0.507 e. The lowest BCUT2D eigenvalue weighted by Gasteiger charge is -2.09. The largest absolute Gasteiger partial charge is 0.507 e. The molecule has 5 aromatic carbocycles. The van der Waals surface area contributed by atoms with Crippen LogP contribution in [0.15, 0.2) is 91.0 Å². The van der Waals surface area contributed by atoms with Crippen molar-refractivity contribution in [3.8, 4) is 16.9 Å². The van der Waals surface area contributed by atoms with Gasteiger partial charge in [0, 0.05) is 10.8 Å². The molecule has 0 heterocycles. The topological polar surface area (TPSA) is 20.2 Å². The summed E-state index contributed by atoms with van der Waals surface area (Å²) in [5, 5.41) is 17.0. The van der Waals surface area contributed by atoms with Crippen LogP contribution in [0.3, 0.4) is 0 Å². The van der Waals surface area contributed by atoms with Gasteiger partial charge in [-0.2, -0.15) is 0 Å². The van der Waals surface area contributed by atoms with Crippen molar-refractivity contribution in [3.05, 3.63) is 91.0 Å². The summed E-state index contributed by atoms with van der Waals surface area (Å²) in [6, 6.07) is 31.3. The third-order valence-corrected chi connectivity index (χ3v) is 4.92. The van der Waals surface area contributed by atoms with E-state index in [-0.39, 0.29) is 0 Å². The first kappa shape index (κ1) is 14.1. The average molecular weight is 320 g/mol. The van der Waals surface area contributed by atoms with Crippen molar-refractivity contribution in [1.29, 1.82) is 0 Å². The van der Waals surface area contributed by atoms with Crippen LogP contribution in [-0.4, -0.2) is 5.11 Å². The van der Waals surface area contributed by atoms with Crippen molar-refractivity contribution < 1.29 is 5.11 Å². The number of fused-ring (bicyclic) bond motifs is 3. The molecule has 0 spiro atoms. The second-order valence-corrected chi connectivity index (χ2v) is 6.44. The van der Waals surface area contributed by atoms with Gasteiger partial charge < -0.3 is 5.11 Å². The van der Waals surface area contributed by atoms with Crippen LogP contribution >= 0.6 is 0 Å². The molecule has 25 heavy (non-hydrogen) atoms. The molecule has 0 aliphatic heterocycles. The van der Waals surface area contributed by atoms with Crippen LogP contribution in [0.5, 0.6) is 5.75 Å². The van der Waals surface area contributed by atoms with E-state index >= 15 is 0 Å². The van der Waals surface area contributed by atoms with Gasteiger partial charge in [0.1, 0.15) is 5.75 Å². The van der Waals surface area contributed by atoms with Crippen LogP contribution in [0, 0.1) is 0 Å². The number of phenolic OH excluding ortho intramolecular Hbond substituents is 1. The maximum absolute atomic E-state index is 10.6. The minimum atomic E-state index is 0.359. The van der Waals surface area contributed by atoms with Crippen LogP contribution in [0.1, 0.15) is 0 Å². The number of benzene rings is 5. The molecule has 0 saturated heterocycles. The highest BCUT2D eigenvalue weighted by Gasteiger charge is 2.08. The lowest BCUT2D eigenvalue weighted by Crippen LogP contribution is -1.82. The van der Waals surface area contributed by atoms with Gasteiger partial charge in [0.15, 0.2) is 0 Å². The van der Waals surface area contributed by atoms with E-state index in [1.54, 1.807) is 0 Å². The minimum absolute atomic E-state index is 0.359. The number of aromatic hydroxyl groups is 1. The molecule has 1 heteroatoms. The fourth-order valence-electron chi connectivity index (χ4n) is 3.60. The highest BCUT2D eigenvalue weighted by molar-refractivity contribution is 6.06. The van der Waals surface area contributed by atoms with E-state index in [0.29, 0.717) is 5.75 Å². The lowest BCUT2D eigenvalue weighted by atomic mass is 9.96. The van der Waals surface area contributed by atoms with Crippen LogP contribution in [-0.2, 0) is 0 Å². The summed E-state index contributed by atoms with van der Waals surface area (Å²) >= 11 is 0. The van der Waals surface area contributed by atoms with Crippen molar-refractivity contribution >= 4 is 32.3 Å². The van der Waals surface area contributed by atoms with Crippen LogP contribution < -0.4 is 0 Å². The lowest BCUT2D eigenvalue weighted by molar-refractivity contribution is 0.488. The fraction of sp³-hybridized carbons (Fsp3) is 0. The molecule has 0 fully saturated rings. The Kier molecular flexibility index (Phi) is 3.01. The van der Waals surface area contributed by atoms with E-state index in [2.05, 4.69) is 60.7 Å². The molecule has 0 atom stereocenters. The molecule has 0 aliphatic rings. The molecule has 5 rings (SSSR count). The molecule has 0 radical (unpaired) electrons. The molecule has 5 aromatic rings. The van der Waals surface area contributed by atoms with Gasteiger partial charge in [-0.05, 0) is 50.9 Å². The van der Waals surface area contributed by atoms with E-state index in [0.717, 1.165) is 27.1 Å². The Morgan fingerprint density at radius 3 is 1.88 bits per heavy atom. The SMILES string of the molecule is Oc1c2ccccc2cc2cc(-c3ccc4ccccc4c3)ccc12. The predicted molar refractivity (Wildman–Crippen MR) is 106 cm³/mol. The summed E-state index contributed by atoms with van der Waals surface area (Å²) in [5.74, 6) is 0.359. The van der Waals surface area contributed by atoms with Gasteiger partial charge in [0.2, 0.25) is 0 Å². The van der Waals surface area contributed by atoms with Crippen LogP contribution in [0.25, 0.3) is 43.4 Å². The Morgan fingerprint density at radius 2 is 1.04 bits per heavy atom. The van der Waals surface area contributed by atoms with Crippen molar-refractivity contribution in [2.24, 2.45) is 0 Å². The first-order valence-corrected chi connectivity index (χ1v) is 8.43. The zero-order chi connectivity index (χ0) is 16.8. The maximum Gasteiger partial charge on any atom is 0.131 e. The van der Waals surface area contributed by atoms with E-state index in [9.17, 15) is 5.11 Å². The molecule has 0 bridgehead atoms. The Balaban J connectivity index is 1.74. The molecule has 0 aliphatic carbocycles. The van der Waals surface area contributed by atoms with E-state index < -0.39 is 0 Å². The van der Waals surface area contributed by atoms with Gasteiger partial charge in [-0.1, -0.05) is 72.8 Å². The van der Waals surface area contributed by atoms with Gasteiger partial charge in [0.25, 0.3) is 0 Å². The molecule has 118 valence electrons. The van der Waals surface area contributed by atoms with Gasteiger partial charge in [-0.3, -0.25) is 0 Å². The zero-order valence-corrected chi connectivity index (χ0v) is 13.6. The Morgan fingerprint density at radius 1 is 0.440 bits per heavy atom. The van der Waals surface area contributed by atoms with Gasteiger partial charge >= 0.3 is 0 Å². The van der Waals surface area contributed by atoms with Crippen molar-refractivity contribution in [2.75, 3.05) is 0 Å². The number of hydrogen-bond donors (Lipinski definition) is 1. The molecule has 0 amide bonds. The summed E-state index contributed by atoms with van der Waals surface area (Å²) in [7, 11) is 0. The third kappa shape index (κ3) is 2.25. The van der Waals surface area contributed by atoms with Gasteiger partial charge in [0.05, 0.1) is 0 Å². The molecular weight excluding hydrogens is 304 g/mol. The van der Waals surface area contributed by atoms with E-state index in [4.69, 9.17) is 0 Å². The number of rotatable bonds is 1. The molecule has 1 N–H and O–H groups in total. The zero-order valence-electron chi connectivity index (χ0n) is 13.6. The number of hydrogen-bond acceptors (Lipinski definition) is 1. The molecule has 1 nitrogen and oxygen atoms in total. The normalized spacial score (nSPS) is 11.4. The quantitative estimate of drug-likeness (QED) is 0.349. The van der Waals surface area contributed by atoms with Crippen molar-refractivity contribution in [3.63, 3.8) is 0 Å². The third-order valence-electron chi connectivity index (χ3n) is 4.92. The highest BCUT2D eigenvalue weighted by Crippen LogP contribution is 2.36. The van der Waals surface area contributed by atoms with Gasteiger partial charge in [-0.15, -0.1) is 0 Å². The second kappa shape index (κ2) is 5.35. The van der Waals surface area contributed by atoms with Crippen molar-refractivity contribution in [1.82, 2.24) is 0 Å². The smallest absolute Gasteiger partial charge is 0.131 e. The molecule has 0 saturated carbocycles. The average Bonchev–Trinajstić information content (AvgIpc) is 2.67. The standard InChI is InChI=1S/C24H16O/c25-24-22-8-4-3-7-20(22)15-21-14-19(11-12-23(21)24)18-10-9-16-5-1-2-6-17(16)13-18/h1-15,25H. The summed E-state index contributed by atoms with van der Waals surface area (Å²) in [6.07, 6.45) is 0. The van der Waals surface area contributed by atoms with Crippen LogP contribution in [0.4, 0.5) is 0 Å². The van der Waals surface area contributed by atoms with Crippen molar-refractivity contribution in [2.45, 2.75) is 0 Å². The molecule has 0 aromatic heterocycles. The molecule has 0 unspecified atom stereocenters. The summed E-state index contributed by atoms with van der Waals surface area (Å²) in [6.45, 7) is 0. The van der Waals surface area contributed by atoms with Crippen LogP contribution in [0.2, 0.25) is 0 Å². The first-order valence-electron chi connectivity index (χ1n) is 8.43. The Labute approximate surface area is 145 Å². The Bertz CT molecular complexity index is 1250. The maximum atomic E-state index is 10.6. The Hall–Kier alpha value is -3.32. The van der Waals surface area contributed by atoms with E-state index in [1.807, 2.05) is 30.3 Å². The highest BCUT2D eigenvalue weighted by atomic mass is 16.3. The predicted octanol–water partition coefficient (Wildman–Crippen LogP) is 6.52. The van der Waals surface area contributed by atoms with E-state index in [1.165, 1.54) is 16.3 Å². The second-order valence-electron chi connectivity index (χ2n) is 6.44. The summed E-state index contributed by atoms with van der Waals surface area (Å²) in [4.78, 5) is 0. The first-order chi connectivity index (χ1) is 12.3. The monoisotopic (exact) mass is 320 g/mol. The fourth-order valence-corrected chi connectivity index (χ4v) is 3.60. The summed E-state index contributed by atoms with van der Waals surface area (Å²) < 4.78 is 0. The molecular formula is C24H16O. The summed E-state index contributed by atoms with van der Waals surface area (Å²) in [5.41, 5.74) is 2.35. The number of phenols is 1.